The topological polar surface area (TPSA) is 55.1 Å². The predicted octanol–water partition coefficient (Wildman–Crippen LogP) is 3.72. The molecular weight excluding hydrogens is 279 g/mol. The summed E-state index contributed by atoms with van der Waals surface area (Å²) >= 11 is 5.67. The molecule has 1 aliphatic rings. The Labute approximate surface area is 123 Å². The van der Waals surface area contributed by atoms with E-state index in [4.69, 9.17) is 17.3 Å². The lowest BCUT2D eigenvalue weighted by Gasteiger charge is -2.24. The van der Waals surface area contributed by atoms with Gasteiger partial charge in [0.1, 0.15) is 5.82 Å². The van der Waals surface area contributed by atoms with E-state index < -0.39 is 11.9 Å². The van der Waals surface area contributed by atoms with Crippen molar-refractivity contribution in [1.82, 2.24) is 0 Å². The van der Waals surface area contributed by atoms with Crippen LogP contribution in [0.5, 0.6) is 0 Å². The van der Waals surface area contributed by atoms with Gasteiger partial charge in [0.05, 0.1) is 11.7 Å². The Balaban J connectivity index is 1.89. The second kappa shape index (κ2) is 7.04. The van der Waals surface area contributed by atoms with Crippen molar-refractivity contribution >= 4 is 23.2 Å². The molecule has 0 bridgehead atoms. The highest BCUT2D eigenvalue weighted by molar-refractivity contribution is 6.30. The van der Waals surface area contributed by atoms with Gasteiger partial charge in [-0.1, -0.05) is 43.7 Å². The lowest BCUT2D eigenvalue weighted by Crippen LogP contribution is -2.37. The van der Waals surface area contributed by atoms with Gasteiger partial charge in [-0.25, -0.2) is 4.39 Å². The summed E-state index contributed by atoms with van der Waals surface area (Å²) in [5, 5.41) is 2.83. The van der Waals surface area contributed by atoms with E-state index in [1.807, 2.05) is 0 Å². The Kier molecular flexibility index (Phi) is 5.38. The molecule has 1 saturated carbocycles. The summed E-state index contributed by atoms with van der Waals surface area (Å²) in [4.78, 5) is 12.0. The van der Waals surface area contributed by atoms with E-state index in [1.165, 1.54) is 37.5 Å². The molecular formula is C15H20ClFN2O. The van der Waals surface area contributed by atoms with Gasteiger partial charge >= 0.3 is 0 Å². The Bertz CT molecular complexity index is 475. The smallest absolute Gasteiger partial charge is 0.241 e. The minimum absolute atomic E-state index is 0.124. The lowest BCUT2D eigenvalue weighted by molar-refractivity contribution is -0.117. The summed E-state index contributed by atoms with van der Waals surface area (Å²) in [5.41, 5.74) is 6.04. The van der Waals surface area contributed by atoms with E-state index >= 15 is 0 Å². The van der Waals surface area contributed by atoms with Crippen molar-refractivity contribution in [1.29, 1.82) is 0 Å². The van der Waals surface area contributed by atoms with Crippen LogP contribution in [0.4, 0.5) is 10.1 Å². The van der Waals surface area contributed by atoms with Crippen molar-refractivity contribution < 1.29 is 9.18 Å². The maximum Gasteiger partial charge on any atom is 0.241 e. The Hall–Kier alpha value is -1.13. The normalized spacial score (nSPS) is 17.8. The molecule has 0 radical (unpaired) electrons. The molecule has 1 aromatic carbocycles. The first-order valence-corrected chi connectivity index (χ1v) is 7.45. The van der Waals surface area contributed by atoms with Gasteiger partial charge in [-0.3, -0.25) is 4.79 Å². The van der Waals surface area contributed by atoms with Crippen LogP contribution in [-0.2, 0) is 4.79 Å². The van der Waals surface area contributed by atoms with Crippen molar-refractivity contribution in [2.45, 2.75) is 44.6 Å². The van der Waals surface area contributed by atoms with Gasteiger partial charge in [0.2, 0.25) is 5.91 Å². The third kappa shape index (κ3) is 4.18. The van der Waals surface area contributed by atoms with Gasteiger partial charge in [-0.05, 0) is 30.5 Å². The third-order valence-electron chi connectivity index (χ3n) is 3.84. The molecule has 2 rings (SSSR count). The van der Waals surface area contributed by atoms with Crippen molar-refractivity contribution in [3.05, 3.63) is 29.0 Å². The van der Waals surface area contributed by atoms with Crippen LogP contribution in [0.2, 0.25) is 5.02 Å². The number of carbonyl (C=O) groups is 1. The van der Waals surface area contributed by atoms with Crippen LogP contribution in [-0.4, -0.2) is 11.9 Å². The highest BCUT2D eigenvalue weighted by Crippen LogP contribution is 2.27. The number of nitrogens with two attached hydrogens (primary N) is 1. The van der Waals surface area contributed by atoms with Crippen LogP contribution < -0.4 is 11.1 Å². The van der Waals surface area contributed by atoms with Crippen molar-refractivity contribution in [3.8, 4) is 0 Å². The number of hydrogen-bond donors (Lipinski definition) is 2. The second-order valence-electron chi connectivity index (χ2n) is 5.46. The molecule has 3 N–H and O–H groups in total. The summed E-state index contributed by atoms with van der Waals surface area (Å²) in [6.07, 6.45) is 6.64. The van der Waals surface area contributed by atoms with Crippen LogP contribution in [0.25, 0.3) is 0 Å². The zero-order chi connectivity index (χ0) is 14.5. The Morgan fingerprint density at radius 2 is 2.10 bits per heavy atom. The van der Waals surface area contributed by atoms with Gasteiger partial charge < -0.3 is 11.1 Å². The van der Waals surface area contributed by atoms with Crippen LogP contribution in [0.1, 0.15) is 38.5 Å². The number of halogens is 2. The van der Waals surface area contributed by atoms with Crippen molar-refractivity contribution in [2.24, 2.45) is 11.7 Å². The number of nitrogens with one attached hydrogen (secondary N) is 1. The molecule has 1 aromatic rings. The zero-order valence-electron chi connectivity index (χ0n) is 11.4. The Morgan fingerprint density at radius 1 is 1.40 bits per heavy atom. The molecule has 110 valence electrons. The van der Waals surface area contributed by atoms with Gasteiger partial charge in [-0.15, -0.1) is 0 Å². The SMILES string of the molecule is NC(CC1CCCCC1)C(=O)Nc1ccc(Cl)cc1F. The number of amides is 1. The minimum atomic E-state index is -0.590. The maximum atomic E-state index is 13.6. The minimum Gasteiger partial charge on any atom is -0.322 e. The largest absolute Gasteiger partial charge is 0.322 e. The van der Waals surface area contributed by atoms with Crippen molar-refractivity contribution in [2.75, 3.05) is 5.32 Å². The molecule has 0 aliphatic heterocycles. The molecule has 1 fully saturated rings. The monoisotopic (exact) mass is 298 g/mol. The fourth-order valence-corrected chi connectivity index (χ4v) is 2.86. The summed E-state index contributed by atoms with van der Waals surface area (Å²) in [6.45, 7) is 0. The van der Waals surface area contributed by atoms with Crippen LogP contribution in [0.3, 0.4) is 0 Å². The summed E-state index contributed by atoms with van der Waals surface area (Å²) in [5.74, 6) is -0.368. The number of hydrogen-bond acceptors (Lipinski definition) is 2. The molecule has 1 atom stereocenters. The van der Waals surface area contributed by atoms with Crippen LogP contribution in [0.15, 0.2) is 18.2 Å². The van der Waals surface area contributed by atoms with E-state index in [0.29, 0.717) is 17.4 Å². The second-order valence-corrected chi connectivity index (χ2v) is 5.90. The van der Waals surface area contributed by atoms with Gasteiger partial charge in [0.25, 0.3) is 0 Å². The quantitative estimate of drug-likeness (QED) is 0.890. The number of anilines is 1. The average molecular weight is 299 g/mol. The molecule has 1 unspecified atom stereocenters. The zero-order valence-corrected chi connectivity index (χ0v) is 12.1. The molecule has 0 heterocycles. The molecule has 3 nitrogen and oxygen atoms in total. The van der Waals surface area contributed by atoms with E-state index in [9.17, 15) is 9.18 Å². The molecule has 1 amide bonds. The van der Waals surface area contributed by atoms with Crippen molar-refractivity contribution in [3.63, 3.8) is 0 Å². The molecule has 0 aromatic heterocycles. The summed E-state index contributed by atoms with van der Waals surface area (Å²) in [7, 11) is 0. The summed E-state index contributed by atoms with van der Waals surface area (Å²) < 4.78 is 13.6. The highest BCUT2D eigenvalue weighted by Gasteiger charge is 2.21. The number of carbonyl (C=O) groups excluding carboxylic acids is 1. The van der Waals surface area contributed by atoms with Crippen LogP contribution in [0, 0.1) is 11.7 Å². The first-order chi connectivity index (χ1) is 9.56. The number of rotatable bonds is 4. The maximum absolute atomic E-state index is 13.6. The molecule has 1 aliphatic carbocycles. The first kappa shape index (κ1) is 15.3. The Morgan fingerprint density at radius 3 is 2.75 bits per heavy atom. The molecule has 20 heavy (non-hydrogen) atoms. The lowest BCUT2D eigenvalue weighted by atomic mass is 9.85. The van der Waals surface area contributed by atoms with Gasteiger partial charge in [0, 0.05) is 5.02 Å². The predicted molar refractivity (Wildman–Crippen MR) is 79.2 cm³/mol. The number of benzene rings is 1. The van der Waals surface area contributed by atoms with E-state index in [0.717, 1.165) is 12.8 Å². The highest BCUT2D eigenvalue weighted by atomic mass is 35.5. The molecule has 5 heteroatoms. The fourth-order valence-electron chi connectivity index (χ4n) is 2.71. The van der Waals surface area contributed by atoms with Gasteiger partial charge in [-0.2, -0.15) is 0 Å². The first-order valence-electron chi connectivity index (χ1n) is 7.08. The standard InChI is InChI=1S/C15H20ClFN2O/c16-11-6-7-14(12(17)9-11)19-15(20)13(18)8-10-4-2-1-3-5-10/h6-7,9-10,13H,1-5,8,18H2,(H,19,20). The van der Waals surface area contributed by atoms with Crippen LogP contribution >= 0.6 is 11.6 Å². The van der Waals surface area contributed by atoms with E-state index in [1.54, 1.807) is 0 Å². The van der Waals surface area contributed by atoms with E-state index in [2.05, 4.69) is 5.32 Å². The molecule has 0 saturated heterocycles. The van der Waals surface area contributed by atoms with Gasteiger partial charge in [0.15, 0.2) is 0 Å². The average Bonchev–Trinajstić information content (AvgIpc) is 2.43. The third-order valence-corrected chi connectivity index (χ3v) is 4.07. The fraction of sp³-hybridized carbons (Fsp3) is 0.533. The summed E-state index contributed by atoms with van der Waals surface area (Å²) in [6, 6.07) is 3.56. The molecule has 0 spiro atoms. The van der Waals surface area contributed by atoms with E-state index in [-0.39, 0.29) is 11.6 Å².